The number of carbonyl (C=O) groups is 2. The molecule has 0 unspecified atom stereocenters. The Morgan fingerprint density at radius 1 is 1.30 bits per heavy atom. The number of benzene rings is 1. The molecule has 1 amide bonds. The van der Waals surface area contributed by atoms with E-state index in [0.717, 1.165) is 11.1 Å². The summed E-state index contributed by atoms with van der Waals surface area (Å²) in [5.74, 6) is -0.341. The molecule has 0 aliphatic carbocycles. The molecule has 0 atom stereocenters. The van der Waals surface area contributed by atoms with E-state index >= 15 is 0 Å². The number of carbonyl (C=O) groups excluding carboxylic acids is 2. The fraction of sp³-hybridized carbons (Fsp3) is 0.176. The predicted molar refractivity (Wildman–Crippen MR) is 83.6 cm³/mol. The van der Waals surface area contributed by atoms with Crippen LogP contribution in [-0.4, -0.2) is 16.9 Å². The SMILES string of the molecule is CC(=O)OCc1cc(C)cc(C(=O)Nc2ccc(C#N)cn2)c1. The second-order valence-electron chi connectivity index (χ2n) is 4.99. The van der Waals surface area contributed by atoms with Crippen LogP contribution in [0.15, 0.2) is 36.5 Å². The highest BCUT2D eigenvalue weighted by atomic mass is 16.5. The van der Waals surface area contributed by atoms with Crippen LogP contribution >= 0.6 is 0 Å². The first kappa shape index (κ1) is 16.2. The fourth-order valence-corrected chi connectivity index (χ4v) is 1.98. The minimum Gasteiger partial charge on any atom is -0.461 e. The maximum absolute atomic E-state index is 12.3. The van der Waals surface area contributed by atoms with Crippen molar-refractivity contribution in [2.75, 3.05) is 5.32 Å². The van der Waals surface area contributed by atoms with Crippen molar-refractivity contribution in [3.05, 3.63) is 58.8 Å². The van der Waals surface area contributed by atoms with Gasteiger partial charge in [0.2, 0.25) is 0 Å². The third-order valence-electron chi connectivity index (χ3n) is 2.98. The number of nitriles is 1. The molecule has 2 aromatic rings. The van der Waals surface area contributed by atoms with Gasteiger partial charge in [0.1, 0.15) is 18.5 Å². The molecule has 1 N–H and O–H groups in total. The molecule has 2 rings (SSSR count). The number of nitrogens with one attached hydrogen (secondary N) is 1. The molecule has 0 radical (unpaired) electrons. The summed E-state index contributed by atoms with van der Waals surface area (Å²) >= 11 is 0. The summed E-state index contributed by atoms with van der Waals surface area (Å²) in [6, 6.07) is 10.3. The second-order valence-corrected chi connectivity index (χ2v) is 4.99. The van der Waals surface area contributed by atoms with E-state index in [0.29, 0.717) is 16.9 Å². The summed E-state index contributed by atoms with van der Waals surface area (Å²) in [6.07, 6.45) is 1.39. The predicted octanol–water partition coefficient (Wildman–Crippen LogP) is 2.58. The number of amides is 1. The lowest BCUT2D eigenvalue weighted by molar-refractivity contribution is -0.142. The molecule has 0 aliphatic rings. The average molecular weight is 309 g/mol. The van der Waals surface area contributed by atoms with Crippen LogP contribution in [0.25, 0.3) is 0 Å². The Morgan fingerprint density at radius 2 is 2.09 bits per heavy atom. The Morgan fingerprint density at radius 3 is 2.70 bits per heavy atom. The topological polar surface area (TPSA) is 92.1 Å². The number of aryl methyl sites for hydroxylation is 1. The lowest BCUT2D eigenvalue weighted by Crippen LogP contribution is -2.13. The van der Waals surface area contributed by atoms with Gasteiger partial charge in [-0.05, 0) is 42.3 Å². The molecule has 23 heavy (non-hydrogen) atoms. The van der Waals surface area contributed by atoms with Gasteiger partial charge >= 0.3 is 5.97 Å². The summed E-state index contributed by atoms with van der Waals surface area (Å²) in [5, 5.41) is 11.4. The Bertz CT molecular complexity index is 777. The quantitative estimate of drug-likeness (QED) is 0.876. The molecule has 1 aromatic carbocycles. The van der Waals surface area contributed by atoms with Gasteiger partial charge in [0.05, 0.1) is 5.56 Å². The molecular formula is C17H15N3O3. The maximum Gasteiger partial charge on any atom is 0.302 e. The van der Waals surface area contributed by atoms with E-state index in [1.54, 1.807) is 24.3 Å². The zero-order valence-corrected chi connectivity index (χ0v) is 12.8. The van der Waals surface area contributed by atoms with Crippen molar-refractivity contribution in [3.8, 4) is 6.07 Å². The number of pyridine rings is 1. The van der Waals surface area contributed by atoms with E-state index in [4.69, 9.17) is 10.00 Å². The van der Waals surface area contributed by atoms with Crippen molar-refractivity contribution in [1.29, 1.82) is 5.26 Å². The molecule has 0 saturated heterocycles. The molecule has 6 nitrogen and oxygen atoms in total. The highest BCUT2D eigenvalue weighted by Gasteiger charge is 2.09. The zero-order valence-electron chi connectivity index (χ0n) is 12.8. The highest BCUT2D eigenvalue weighted by Crippen LogP contribution is 2.13. The number of nitrogens with zero attached hydrogens (tertiary/aromatic N) is 2. The molecule has 0 bridgehead atoms. The molecule has 0 fully saturated rings. The zero-order chi connectivity index (χ0) is 16.8. The Kier molecular flexibility index (Phi) is 5.05. The standard InChI is InChI=1S/C17H15N3O3/c1-11-5-14(10-23-12(2)21)7-15(6-11)17(22)20-16-4-3-13(8-18)9-19-16/h3-7,9H,10H2,1-2H3,(H,19,20,22). The van der Waals surface area contributed by atoms with Crippen LogP contribution in [0.2, 0.25) is 0 Å². The van der Waals surface area contributed by atoms with Gasteiger partial charge in [-0.3, -0.25) is 9.59 Å². The fourth-order valence-electron chi connectivity index (χ4n) is 1.98. The summed E-state index contributed by atoms with van der Waals surface area (Å²) in [4.78, 5) is 27.2. The third-order valence-corrected chi connectivity index (χ3v) is 2.98. The first-order valence-corrected chi connectivity index (χ1v) is 6.89. The Balaban J connectivity index is 2.14. The van der Waals surface area contributed by atoms with E-state index in [2.05, 4.69) is 10.3 Å². The van der Waals surface area contributed by atoms with E-state index in [9.17, 15) is 9.59 Å². The molecule has 1 aromatic heterocycles. The van der Waals surface area contributed by atoms with Crippen molar-refractivity contribution in [3.63, 3.8) is 0 Å². The smallest absolute Gasteiger partial charge is 0.302 e. The molecule has 6 heteroatoms. The first-order chi connectivity index (χ1) is 11.0. The van der Waals surface area contributed by atoms with Crippen LogP contribution in [-0.2, 0) is 16.1 Å². The van der Waals surface area contributed by atoms with Gasteiger partial charge in [0.25, 0.3) is 5.91 Å². The minimum absolute atomic E-state index is 0.117. The number of esters is 1. The van der Waals surface area contributed by atoms with Crippen LogP contribution in [0, 0.1) is 18.3 Å². The summed E-state index contributed by atoms with van der Waals surface area (Å²) in [6.45, 7) is 3.31. The van der Waals surface area contributed by atoms with Gasteiger partial charge in [0.15, 0.2) is 0 Å². The number of hydrogen-bond donors (Lipinski definition) is 1. The largest absolute Gasteiger partial charge is 0.461 e. The Labute approximate surface area is 133 Å². The second kappa shape index (κ2) is 7.18. The maximum atomic E-state index is 12.3. The van der Waals surface area contributed by atoms with Gasteiger partial charge in [-0.15, -0.1) is 0 Å². The third kappa shape index (κ3) is 4.64. The average Bonchev–Trinajstić information content (AvgIpc) is 2.53. The van der Waals surface area contributed by atoms with E-state index in [-0.39, 0.29) is 18.5 Å². The van der Waals surface area contributed by atoms with E-state index in [1.165, 1.54) is 13.1 Å². The lowest BCUT2D eigenvalue weighted by atomic mass is 10.1. The summed E-state index contributed by atoms with van der Waals surface area (Å²) < 4.78 is 4.95. The molecule has 0 aliphatic heterocycles. The highest BCUT2D eigenvalue weighted by molar-refractivity contribution is 6.04. The normalized spacial score (nSPS) is 9.78. The van der Waals surface area contributed by atoms with Gasteiger partial charge in [-0.25, -0.2) is 4.98 Å². The van der Waals surface area contributed by atoms with Crippen molar-refractivity contribution >= 4 is 17.7 Å². The van der Waals surface area contributed by atoms with Gasteiger partial charge in [-0.2, -0.15) is 5.26 Å². The van der Waals surface area contributed by atoms with Crippen LogP contribution < -0.4 is 5.32 Å². The number of ether oxygens (including phenoxy) is 1. The van der Waals surface area contributed by atoms with Crippen molar-refractivity contribution in [2.45, 2.75) is 20.5 Å². The van der Waals surface area contributed by atoms with Crippen LogP contribution in [0.4, 0.5) is 5.82 Å². The van der Waals surface area contributed by atoms with Crippen molar-refractivity contribution < 1.29 is 14.3 Å². The van der Waals surface area contributed by atoms with E-state index in [1.807, 2.05) is 19.1 Å². The van der Waals surface area contributed by atoms with Crippen LogP contribution in [0.3, 0.4) is 0 Å². The van der Waals surface area contributed by atoms with Crippen LogP contribution in [0.1, 0.15) is 34.0 Å². The molecule has 1 heterocycles. The number of hydrogen-bond acceptors (Lipinski definition) is 5. The molecular weight excluding hydrogens is 294 g/mol. The minimum atomic E-state index is -0.376. The first-order valence-electron chi connectivity index (χ1n) is 6.89. The molecule has 116 valence electrons. The van der Waals surface area contributed by atoms with Crippen molar-refractivity contribution in [2.24, 2.45) is 0 Å². The van der Waals surface area contributed by atoms with Crippen molar-refractivity contribution in [1.82, 2.24) is 4.98 Å². The molecule has 0 saturated carbocycles. The molecule has 0 spiro atoms. The summed E-state index contributed by atoms with van der Waals surface area (Å²) in [5.41, 5.74) is 2.48. The van der Waals surface area contributed by atoms with Gasteiger partial charge in [0, 0.05) is 18.7 Å². The van der Waals surface area contributed by atoms with Gasteiger partial charge < -0.3 is 10.1 Å². The number of anilines is 1. The Hall–Kier alpha value is -3.20. The van der Waals surface area contributed by atoms with Gasteiger partial charge in [-0.1, -0.05) is 6.07 Å². The monoisotopic (exact) mass is 309 g/mol. The number of rotatable bonds is 4. The lowest BCUT2D eigenvalue weighted by Gasteiger charge is -2.08. The summed E-state index contributed by atoms with van der Waals surface area (Å²) in [7, 11) is 0. The van der Waals surface area contributed by atoms with Crippen LogP contribution in [0.5, 0.6) is 0 Å². The number of aromatic nitrogens is 1. The van der Waals surface area contributed by atoms with E-state index < -0.39 is 0 Å².